The number of rotatable bonds is 2. The number of aryl methyl sites for hydroxylation is 1. The fraction of sp³-hybridized carbons (Fsp3) is 0.643. The zero-order valence-corrected chi connectivity index (χ0v) is 10.9. The molecule has 2 nitrogen and oxygen atoms in total. The molecule has 0 bridgehead atoms. The van der Waals surface area contributed by atoms with Gasteiger partial charge in [-0.3, -0.25) is 0 Å². The molecular formula is C14H23N2+. The van der Waals surface area contributed by atoms with E-state index in [1.54, 1.807) is 0 Å². The molecule has 0 radical (unpaired) electrons. The van der Waals surface area contributed by atoms with Crippen molar-refractivity contribution in [2.75, 3.05) is 11.4 Å². The van der Waals surface area contributed by atoms with Gasteiger partial charge in [0.25, 0.3) is 0 Å². The summed E-state index contributed by atoms with van der Waals surface area (Å²) in [5.74, 6) is 0. The number of aromatic nitrogens is 1. The van der Waals surface area contributed by atoms with E-state index in [0.717, 1.165) is 0 Å². The quantitative estimate of drug-likeness (QED) is 0.694. The van der Waals surface area contributed by atoms with Crippen molar-refractivity contribution in [3.8, 4) is 0 Å². The molecule has 1 aliphatic rings. The van der Waals surface area contributed by atoms with Gasteiger partial charge in [0, 0.05) is 24.2 Å². The predicted octanol–water partition coefficient (Wildman–Crippen LogP) is 2.72. The first-order valence-electron chi connectivity index (χ1n) is 6.40. The van der Waals surface area contributed by atoms with Crippen molar-refractivity contribution in [2.45, 2.75) is 52.6 Å². The van der Waals surface area contributed by atoms with Crippen molar-refractivity contribution in [3.05, 3.63) is 24.0 Å². The Kier molecular flexibility index (Phi) is 3.17. The lowest BCUT2D eigenvalue weighted by molar-refractivity contribution is -0.716. The fourth-order valence-electron chi connectivity index (χ4n) is 2.44. The molecule has 0 aliphatic carbocycles. The third kappa shape index (κ3) is 2.06. The number of hydrogen-bond donors (Lipinski definition) is 0. The molecule has 0 saturated carbocycles. The van der Waals surface area contributed by atoms with Crippen molar-refractivity contribution >= 4 is 5.69 Å². The smallest absolute Gasteiger partial charge is 0.174 e. The lowest BCUT2D eigenvalue weighted by atomic mass is 10.0. The molecule has 1 aromatic heterocycles. The van der Waals surface area contributed by atoms with Gasteiger partial charge in [-0.2, -0.15) is 0 Å². The normalized spacial score (nSPS) is 15.8. The Labute approximate surface area is 98.9 Å². The molecule has 0 amide bonds. The van der Waals surface area contributed by atoms with Crippen LogP contribution in [0.2, 0.25) is 0 Å². The minimum atomic E-state index is 0.555. The van der Waals surface area contributed by atoms with Crippen LogP contribution in [0.15, 0.2) is 18.5 Å². The van der Waals surface area contributed by atoms with Gasteiger partial charge < -0.3 is 4.90 Å². The van der Waals surface area contributed by atoms with Gasteiger partial charge >= 0.3 is 0 Å². The molecule has 0 N–H and O–H groups in total. The van der Waals surface area contributed by atoms with E-state index in [1.807, 2.05) is 0 Å². The summed E-state index contributed by atoms with van der Waals surface area (Å²) in [6.07, 6.45) is 7.05. The fourth-order valence-corrected chi connectivity index (χ4v) is 2.44. The largest absolute Gasteiger partial charge is 0.369 e. The highest BCUT2D eigenvalue weighted by atomic mass is 15.2. The third-order valence-electron chi connectivity index (χ3n) is 3.41. The summed E-state index contributed by atoms with van der Waals surface area (Å²) in [4.78, 5) is 2.52. The molecule has 0 aromatic carbocycles. The van der Waals surface area contributed by atoms with Crippen molar-refractivity contribution in [3.63, 3.8) is 0 Å². The van der Waals surface area contributed by atoms with E-state index in [2.05, 4.69) is 55.6 Å². The van der Waals surface area contributed by atoms with Crippen molar-refractivity contribution in [1.29, 1.82) is 0 Å². The van der Waals surface area contributed by atoms with E-state index in [4.69, 9.17) is 0 Å². The number of hydrogen-bond acceptors (Lipinski definition) is 1. The van der Waals surface area contributed by atoms with Crippen LogP contribution in [0.1, 0.15) is 45.7 Å². The molecule has 0 fully saturated rings. The topological polar surface area (TPSA) is 7.12 Å². The molecule has 0 spiro atoms. The Balaban J connectivity index is 2.37. The monoisotopic (exact) mass is 219 g/mol. The second-order valence-electron chi connectivity index (χ2n) is 5.29. The summed E-state index contributed by atoms with van der Waals surface area (Å²) in [5, 5.41) is 0. The van der Waals surface area contributed by atoms with Gasteiger partial charge in [-0.1, -0.05) is 0 Å². The maximum Gasteiger partial charge on any atom is 0.174 e. The summed E-state index contributed by atoms with van der Waals surface area (Å²) >= 11 is 0. The van der Waals surface area contributed by atoms with E-state index in [9.17, 15) is 0 Å². The maximum atomic E-state index is 2.52. The summed E-state index contributed by atoms with van der Waals surface area (Å²) in [6, 6.07) is 3.45. The molecule has 1 aliphatic heterocycles. The Hall–Kier alpha value is -1.05. The highest BCUT2D eigenvalue weighted by Gasteiger charge is 2.22. The zero-order chi connectivity index (χ0) is 11.7. The minimum Gasteiger partial charge on any atom is -0.369 e. The number of nitrogens with zero attached hydrogens (tertiary/aromatic N) is 2. The van der Waals surface area contributed by atoms with Crippen LogP contribution in [0, 0.1) is 0 Å². The van der Waals surface area contributed by atoms with Crippen molar-refractivity contribution < 1.29 is 4.57 Å². The summed E-state index contributed by atoms with van der Waals surface area (Å²) in [6.45, 7) is 10.2. The van der Waals surface area contributed by atoms with Crippen LogP contribution in [0.3, 0.4) is 0 Å². The Morgan fingerprint density at radius 1 is 1.25 bits per heavy atom. The van der Waals surface area contributed by atoms with Crippen LogP contribution in [0.25, 0.3) is 0 Å². The Bertz CT molecular complexity index is 369. The van der Waals surface area contributed by atoms with Crippen molar-refractivity contribution in [1.82, 2.24) is 0 Å². The zero-order valence-electron chi connectivity index (χ0n) is 10.9. The molecule has 2 heterocycles. The lowest BCUT2D eigenvalue weighted by Crippen LogP contribution is -2.40. The van der Waals surface area contributed by atoms with Crippen LogP contribution in [-0.4, -0.2) is 12.6 Å². The lowest BCUT2D eigenvalue weighted by Gasteiger charge is -2.33. The van der Waals surface area contributed by atoms with Gasteiger partial charge in [0.2, 0.25) is 0 Å². The molecule has 0 saturated heterocycles. The second kappa shape index (κ2) is 4.44. The standard InChI is InChI=1S/C14H23N2/c1-11(2)15-9-7-14-13(10-15)6-5-8-16(14)12(3)4/h7,9-12H,5-6,8H2,1-4H3/q+1. The average Bonchev–Trinajstić information content (AvgIpc) is 2.27. The summed E-state index contributed by atoms with van der Waals surface area (Å²) < 4.78 is 2.31. The van der Waals surface area contributed by atoms with Crippen molar-refractivity contribution in [2.24, 2.45) is 0 Å². The number of pyridine rings is 1. The summed E-state index contributed by atoms with van der Waals surface area (Å²) in [7, 11) is 0. The van der Waals surface area contributed by atoms with E-state index in [1.165, 1.54) is 30.6 Å². The first-order chi connectivity index (χ1) is 7.59. The molecule has 2 rings (SSSR count). The predicted molar refractivity (Wildman–Crippen MR) is 67.8 cm³/mol. The van der Waals surface area contributed by atoms with Crippen LogP contribution in [-0.2, 0) is 6.42 Å². The molecular weight excluding hydrogens is 196 g/mol. The van der Waals surface area contributed by atoms with Gasteiger partial charge in [0.05, 0.1) is 5.69 Å². The molecule has 88 valence electrons. The molecule has 0 unspecified atom stereocenters. The van der Waals surface area contributed by atoms with E-state index < -0.39 is 0 Å². The van der Waals surface area contributed by atoms with E-state index >= 15 is 0 Å². The molecule has 1 aromatic rings. The second-order valence-corrected chi connectivity index (χ2v) is 5.29. The number of anilines is 1. The molecule has 0 atom stereocenters. The van der Waals surface area contributed by atoms with Crippen LogP contribution in [0.4, 0.5) is 5.69 Å². The van der Waals surface area contributed by atoms with Gasteiger partial charge in [0.15, 0.2) is 18.4 Å². The summed E-state index contributed by atoms with van der Waals surface area (Å²) in [5.41, 5.74) is 2.95. The van der Waals surface area contributed by atoms with Crippen LogP contribution in [0.5, 0.6) is 0 Å². The molecule has 16 heavy (non-hydrogen) atoms. The maximum absolute atomic E-state index is 2.52. The SMILES string of the molecule is CC(C)N1CCCc2c[n+](C(C)C)ccc21. The van der Waals surface area contributed by atoms with Gasteiger partial charge in [-0.15, -0.1) is 0 Å². The first kappa shape index (κ1) is 11.4. The molecule has 2 heteroatoms. The Morgan fingerprint density at radius 3 is 2.62 bits per heavy atom. The van der Waals surface area contributed by atoms with E-state index in [0.29, 0.717) is 12.1 Å². The van der Waals surface area contributed by atoms with Crippen LogP contribution >= 0.6 is 0 Å². The average molecular weight is 219 g/mol. The van der Waals surface area contributed by atoms with E-state index in [-0.39, 0.29) is 0 Å². The van der Waals surface area contributed by atoms with Gasteiger partial charge in [-0.25, -0.2) is 4.57 Å². The number of fused-ring (bicyclic) bond motifs is 1. The van der Waals surface area contributed by atoms with Gasteiger partial charge in [-0.05, 0) is 40.5 Å². The highest BCUT2D eigenvalue weighted by Crippen LogP contribution is 2.27. The third-order valence-corrected chi connectivity index (χ3v) is 3.41. The van der Waals surface area contributed by atoms with Gasteiger partial charge in [0.1, 0.15) is 0 Å². The minimum absolute atomic E-state index is 0.555. The highest BCUT2D eigenvalue weighted by molar-refractivity contribution is 5.53. The first-order valence-corrected chi connectivity index (χ1v) is 6.40. The van der Waals surface area contributed by atoms with Crippen LogP contribution < -0.4 is 9.47 Å². The Morgan fingerprint density at radius 2 is 2.00 bits per heavy atom.